The van der Waals surface area contributed by atoms with Crippen molar-refractivity contribution in [1.82, 2.24) is 4.98 Å². The Hall–Kier alpha value is -0.850. The van der Waals surface area contributed by atoms with Crippen LogP contribution in [0, 0.1) is 0 Å². The second-order valence-corrected chi connectivity index (χ2v) is 5.10. The lowest BCUT2D eigenvalue weighted by atomic mass is 10.1. The third-order valence-electron chi connectivity index (χ3n) is 2.87. The topological polar surface area (TPSA) is 16.1 Å². The molecule has 1 aliphatic heterocycles. The Balaban J connectivity index is 2.33. The van der Waals surface area contributed by atoms with Gasteiger partial charge in [-0.05, 0) is 34.8 Å². The number of anilines is 1. The molecule has 0 radical (unpaired) electrons. The van der Waals surface area contributed by atoms with Gasteiger partial charge in [0.25, 0.3) is 0 Å². The van der Waals surface area contributed by atoms with E-state index in [9.17, 15) is 17.6 Å². The van der Waals surface area contributed by atoms with Gasteiger partial charge >= 0.3 is 6.18 Å². The third kappa shape index (κ3) is 2.93. The number of nitrogens with zero attached hydrogens (tertiary/aromatic N) is 2. The van der Waals surface area contributed by atoms with E-state index in [0.29, 0.717) is 4.47 Å². The summed E-state index contributed by atoms with van der Waals surface area (Å²) in [6.45, 7) is 0.560. The average molecular weight is 327 g/mol. The van der Waals surface area contributed by atoms with E-state index in [1.54, 1.807) is 0 Å². The summed E-state index contributed by atoms with van der Waals surface area (Å²) in [4.78, 5) is 4.97. The van der Waals surface area contributed by atoms with E-state index >= 15 is 0 Å². The van der Waals surface area contributed by atoms with Gasteiger partial charge < -0.3 is 4.90 Å². The highest BCUT2D eigenvalue weighted by Crippen LogP contribution is 2.37. The van der Waals surface area contributed by atoms with Crippen LogP contribution >= 0.6 is 15.9 Å². The fraction of sp³-hybridized carbons (Fsp3) is 0.545. The second kappa shape index (κ2) is 5.03. The predicted molar refractivity (Wildman–Crippen MR) is 63.3 cm³/mol. The van der Waals surface area contributed by atoms with Gasteiger partial charge in [-0.15, -0.1) is 0 Å². The first-order valence-electron chi connectivity index (χ1n) is 5.49. The monoisotopic (exact) mass is 326 g/mol. The summed E-state index contributed by atoms with van der Waals surface area (Å²) in [5, 5.41) is 0. The molecular weight excluding hydrogens is 316 g/mol. The summed E-state index contributed by atoms with van der Waals surface area (Å²) in [5.41, 5.74) is -0.896. The molecule has 0 unspecified atom stereocenters. The van der Waals surface area contributed by atoms with Crippen LogP contribution in [0.25, 0.3) is 0 Å². The van der Waals surface area contributed by atoms with Gasteiger partial charge in [0.15, 0.2) is 5.69 Å². The molecular formula is C11H11BrF4N2. The van der Waals surface area contributed by atoms with Crippen LogP contribution in [0.4, 0.5) is 23.2 Å². The molecule has 0 aromatic carbocycles. The molecule has 2 rings (SSSR count). The Morgan fingerprint density at radius 1 is 1.28 bits per heavy atom. The van der Waals surface area contributed by atoms with Crippen LogP contribution in [0.3, 0.4) is 0 Å². The van der Waals surface area contributed by atoms with E-state index in [1.807, 2.05) is 0 Å². The van der Waals surface area contributed by atoms with E-state index < -0.39 is 18.0 Å². The van der Waals surface area contributed by atoms with Crippen molar-refractivity contribution in [1.29, 1.82) is 0 Å². The minimum Gasteiger partial charge on any atom is -0.370 e. The normalized spacial score (nSPS) is 18.2. The second-order valence-electron chi connectivity index (χ2n) is 4.18. The number of rotatable bonds is 1. The van der Waals surface area contributed by atoms with Gasteiger partial charge in [0.05, 0.1) is 5.69 Å². The molecule has 1 fully saturated rings. The predicted octanol–water partition coefficient (Wildman–Crippen LogP) is 3.80. The summed E-state index contributed by atoms with van der Waals surface area (Å²) in [7, 11) is 0. The zero-order valence-corrected chi connectivity index (χ0v) is 10.9. The van der Waals surface area contributed by atoms with Crippen molar-refractivity contribution in [3.05, 3.63) is 22.4 Å². The summed E-state index contributed by atoms with van der Waals surface area (Å²) in [6.07, 6.45) is -3.79. The highest BCUT2D eigenvalue weighted by Gasteiger charge is 2.37. The van der Waals surface area contributed by atoms with Crippen LogP contribution in [0.5, 0.6) is 0 Å². The molecule has 1 aliphatic rings. The molecule has 1 aromatic heterocycles. The maximum Gasteiger partial charge on any atom is 0.435 e. The largest absolute Gasteiger partial charge is 0.435 e. The SMILES string of the molecule is FC1CCN(c2cc(Br)cnc2C(F)(F)F)CC1. The molecule has 1 saturated heterocycles. The first-order valence-corrected chi connectivity index (χ1v) is 6.29. The first kappa shape index (κ1) is 13.6. The number of halogens is 5. The maximum absolute atomic E-state index is 13.0. The van der Waals surface area contributed by atoms with Crippen LogP contribution in [-0.4, -0.2) is 24.2 Å². The van der Waals surface area contributed by atoms with E-state index in [-0.39, 0.29) is 31.6 Å². The molecule has 1 aromatic rings. The Morgan fingerprint density at radius 2 is 1.89 bits per heavy atom. The van der Waals surface area contributed by atoms with Gasteiger partial charge in [-0.25, -0.2) is 9.37 Å². The molecule has 7 heteroatoms. The summed E-state index contributed by atoms with van der Waals surface area (Å²) >= 11 is 3.11. The molecule has 100 valence electrons. The van der Waals surface area contributed by atoms with Gasteiger partial charge in [-0.1, -0.05) is 0 Å². The molecule has 18 heavy (non-hydrogen) atoms. The molecule has 0 N–H and O–H groups in total. The zero-order chi connectivity index (χ0) is 13.3. The Morgan fingerprint density at radius 3 is 2.44 bits per heavy atom. The Labute approximate surface area is 110 Å². The van der Waals surface area contributed by atoms with E-state index in [0.717, 1.165) is 6.20 Å². The lowest BCUT2D eigenvalue weighted by molar-refractivity contribution is -0.140. The molecule has 0 amide bonds. The standard InChI is InChI=1S/C11H11BrF4N2/c12-7-5-9(10(17-6-7)11(14,15)16)18-3-1-8(13)2-4-18/h5-6,8H,1-4H2. The minimum atomic E-state index is -4.50. The van der Waals surface area contributed by atoms with Crippen molar-refractivity contribution in [3.63, 3.8) is 0 Å². The van der Waals surface area contributed by atoms with Gasteiger partial charge in [0, 0.05) is 23.8 Å². The van der Waals surface area contributed by atoms with Crippen LogP contribution in [0.2, 0.25) is 0 Å². The molecule has 0 atom stereocenters. The first-order chi connectivity index (χ1) is 8.38. The van der Waals surface area contributed by atoms with Gasteiger partial charge in [0.2, 0.25) is 0 Å². The van der Waals surface area contributed by atoms with Crippen molar-refractivity contribution in [3.8, 4) is 0 Å². The number of hydrogen-bond donors (Lipinski definition) is 0. The summed E-state index contributed by atoms with van der Waals surface area (Å²) < 4.78 is 52.0. The number of hydrogen-bond acceptors (Lipinski definition) is 2. The Bertz CT molecular complexity index is 428. The van der Waals surface area contributed by atoms with Crippen molar-refractivity contribution in [2.24, 2.45) is 0 Å². The van der Waals surface area contributed by atoms with E-state index in [2.05, 4.69) is 20.9 Å². The lowest BCUT2D eigenvalue weighted by Gasteiger charge is -2.32. The highest BCUT2D eigenvalue weighted by molar-refractivity contribution is 9.10. The molecule has 0 saturated carbocycles. The number of aromatic nitrogens is 1. The van der Waals surface area contributed by atoms with Crippen molar-refractivity contribution in [2.75, 3.05) is 18.0 Å². The lowest BCUT2D eigenvalue weighted by Crippen LogP contribution is -2.35. The smallest absolute Gasteiger partial charge is 0.370 e. The van der Waals surface area contributed by atoms with E-state index in [4.69, 9.17) is 0 Å². The van der Waals surface area contributed by atoms with Gasteiger partial charge in [-0.3, -0.25) is 0 Å². The van der Waals surface area contributed by atoms with Gasteiger partial charge in [-0.2, -0.15) is 13.2 Å². The zero-order valence-electron chi connectivity index (χ0n) is 9.34. The van der Waals surface area contributed by atoms with Crippen molar-refractivity contribution in [2.45, 2.75) is 25.2 Å². The fourth-order valence-electron chi connectivity index (χ4n) is 1.98. The van der Waals surface area contributed by atoms with Crippen LogP contribution in [-0.2, 0) is 6.18 Å². The van der Waals surface area contributed by atoms with Gasteiger partial charge in [0.1, 0.15) is 6.17 Å². The molecule has 0 spiro atoms. The number of alkyl halides is 4. The van der Waals surface area contributed by atoms with Crippen molar-refractivity contribution >= 4 is 21.6 Å². The molecule has 0 bridgehead atoms. The average Bonchev–Trinajstić information content (AvgIpc) is 2.28. The van der Waals surface area contributed by atoms with Crippen LogP contribution in [0.15, 0.2) is 16.7 Å². The quantitative estimate of drug-likeness (QED) is 0.730. The van der Waals surface area contributed by atoms with Crippen LogP contribution < -0.4 is 4.90 Å². The fourth-order valence-corrected chi connectivity index (χ4v) is 2.30. The molecule has 2 heterocycles. The minimum absolute atomic E-state index is 0.0174. The van der Waals surface area contributed by atoms with Crippen molar-refractivity contribution < 1.29 is 17.6 Å². The summed E-state index contributed by atoms with van der Waals surface area (Å²) in [6, 6.07) is 1.38. The number of pyridine rings is 1. The molecule has 2 nitrogen and oxygen atoms in total. The van der Waals surface area contributed by atoms with Crippen LogP contribution in [0.1, 0.15) is 18.5 Å². The molecule has 0 aliphatic carbocycles. The number of piperidine rings is 1. The maximum atomic E-state index is 13.0. The third-order valence-corrected chi connectivity index (χ3v) is 3.30. The Kier molecular flexibility index (Phi) is 3.79. The highest BCUT2D eigenvalue weighted by atomic mass is 79.9. The summed E-state index contributed by atoms with van der Waals surface area (Å²) in [5.74, 6) is 0. The van der Waals surface area contributed by atoms with E-state index in [1.165, 1.54) is 11.0 Å².